The van der Waals surface area contributed by atoms with E-state index in [0.29, 0.717) is 29.3 Å². The first-order chi connectivity index (χ1) is 24.1. The van der Waals surface area contributed by atoms with E-state index in [2.05, 4.69) is 4.90 Å². The first-order valence-electron chi connectivity index (χ1n) is 16.1. The van der Waals surface area contributed by atoms with Gasteiger partial charge in [-0.25, -0.2) is 0 Å². The second kappa shape index (κ2) is 11.2. The van der Waals surface area contributed by atoms with Crippen LogP contribution in [0.25, 0.3) is 0 Å². The third-order valence-corrected chi connectivity index (χ3v) is 10.3. The maximum atomic E-state index is 14.1. The molecule has 0 unspecified atom stereocenters. The molecule has 3 fully saturated rings. The van der Waals surface area contributed by atoms with Crippen molar-refractivity contribution >= 4 is 28.4 Å². The molecule has 1 aliphatic heterocycles. The van der Waals surface area contributed by atoms with E-state index in [-0.39, 0.29) is 37.0 Å². The van der Waals surface area contributed by atoms with E-state index in [1.807, 2.05) is 89.8 Å². The van der Waals surface area contributed by atoms with Gasteiger partial charge in [0.15, 0.2) is 11.5 Å². The van der Waals surface area contributed by atoms with Crippen LogP contribution in [0, 0.1) is 0 Å². The molecule has 4 aliphatic rings. The highest BCUT2D eigenvalue weighted by molar-refractivity contribution is 5.85. The molecule has 0 amide bonds. The fraction of sp³-hybridized carbons (Fsp3) is 0.231. The Balaban J connectivity index is 1.21. The van der Waals surface area contributed by atoms with Crippen molar-refractivity contribution in [3.8, 4) is 11.5 Å². The van der Waals surface area contributed by atoms with Gasteiger partial charge in [0.05, 0.1) is 28.1 Å². The molecule has 9 rings (SSSR count). The molecule has 0 radical (unpaired) electrons. The summed E-state index contributed by atoms with van der Waals surface area (Å²) in [4.78, 5) is 4.10. The van der Waals surface area contributed by atoms with Gasteiger partial charge in [-0.05, 0) is 97.3 Å². The minimum absolute atomic E-state index is 0.135. The molecule has 51 heavy (non-hydrogen) atoms. The fourth-order valence-corrected chi connectivity index (χ4v) is 8.35. The number of hydrogen-bond acceptors (Lipinski definition) is 3. The Morgan fingerprint density at radius 1 is 0.529 bits per heavy atom. The number of halogens is 9. The second-order valence-corrected chi connectivity index (χ2v) is 13.4. The summed E-state index contributed by atoms with van der Waals surface area (Å²) in [5.41, 5.74) is -5.77. The number of benzene rings is 5. The van der Waals surface area contributed by atoms with Crippen LogP contribution in [0.3, 0.4) is 0 Å². The zero-order valence-corrected chi connectivity index (χ0v) is 26.5. The molecule has 2 bridgehead atoms. The van der Waals surface area contributed by atoms with Gasteiger partial charge in [0.2, 0.25) is 0 Å². The predicted molar refractivity (Wildman–Crippen MR) is 174 cm³/mol. The van der Waals surface area contributed by atoms with E-state index < -0.39 is 46.2 Å². The van der Waals surface area contributed by atoms with Crippen LogP contribution >= 0.6 is 0 Å². The Bertz CT molecular complexity index is 2040. The van der Waals surface area contributed by atoms with Gasteiger partial charge in [0.25, 0.3) is 0 Å². The number of ether oxygens (including phenoxy) is 1. The van der Waals surface area contributed by atoms with Gasteiger partial charge >= 0.3 is 18.5 Å². The van der Waals surface area contributed by atoms with E-state index in [1.54, 1.807) is 18.2 Å². The van der Waals surface area contributed by atoms with Gasteiger partial charge in [0.1, 0.15) is 0 Å². The van der Waals surface area contributed by atoms with Crippen LogP contribution in [0.5, 0.6) is 11.5 Å². The minimum atomic E-state index is -5.87. The molecule has 5 aromatic carbocycles. The van der Waals surface area contributed by atoms with Crippen LogP contribution in [0.4, 0.5) is 68.0 Å². The Hall–Kier alpha value is -5.13. The molecule has 3 saturated carbocycles. The smallest absolute Gasteiger partial charge is 0.417 e. The largest absolute Gasteiger partial charge is 0.453 e. The number of nitrogens with zero attached hydrogens (tertiary/aromatic N) is 2. The van der Waals surface area contributed by atoms with Gasteiger partial charge in [-0.2, -0.15) is 39.5 Å². The van der Waals surface area contributed by atoms with E-state index >= 15 is 0 Å². The molecule has 0 atom stereocenters. The summed E-state index contributed by atoms with van der Waals surface area (Å²) >= 11 is 0. The molecule has 0 spiro atoms. The van der Waals surface area contributed by atoms with Crippen molar-refractivity contribution in [2.75, 3.05) is 9.80 Å². The average molecular weight is 711 g/mol. The summed E-state index contributed by atoms with van der Waals surface area (Å²) in [5, 5.41) is 0. The van der Waals surface area contributed by atoms with Crippen molar-refractivity contribution in [1.82, 2.24) is 0 Å². The van der Waals surface area contributed by atoms with Crippen LogP contribution in [-0.2, 0) is 23.9 Å². The number of hydrogen-bond donors (Lipinski definition) is 0. The molecule has 3 aliphatic carbocycles. The Kier molecular flexibility index (Phi) is 7.25. The summed E-state index contributed by atoms with van der Waals surface area (Å²) in [6, 6.07) is 32.9. The lowest BCUT2D eigenvalue weighted by atomic mass is 9.60. The summed E-state index contributed by atoms with van der Waals surface area (Å²) in [5.74, 6) is 1.01. The van der Waals surface area contributed by atoms with Crippen LogP contribution in [0.15, 0.2) is 115 Å². The first-order valence-corrected chi connectivity index (χ1v) is 16.1. The van der Waals surface area contributed by atoms with Gasteiger partial charge in [0, 0.05) is 28.7 Å². The normalized spacial score (nSPS) is 21.0. The van der Waals surface area contributed by atoms with Crippen molar-refractivity contribution in [1.29, 1.82) is 0 Å². The number of alkyl halides is 9. The minimum Gasteiger partial charge on any atom is -0.453 e. The van der Waals surface area contributed by atoms with E-state index in [1.165, 1.54) is 0 Å². The maximum Gasteiger partial charge on any atom is 0.417 e. The first kappa shape index (κ1) is 33.0. The third-order valence-electron chi connectivity index (χ3n) is 10.3. The maximum absolute atomic E-state index is 14.1. The van der Waals surface area contributed by atoms with Gasteiger partial charge < -0.3 is 14.5 Å². The highest BCUT2D eigenvalue weighted by atomic mass is 19.4. The molecular formula is C39H27F9N2O. The van der Waals surface area contributed by atoms with Crippen LogP contribution in [-0.4, -0.2) is 5.54 Å². The van der Waals surface area contributed by atoms with Crippen LogP contribution < -0.4 is 14.5 Å². The fourth-order valence-electron chi connectivity index (χ4n) is 8.35. The van der Waals surface area contributed by atoms with Gasteiger partial charge in [-0.1, -0.05) is 48.5 Å². The molecule has 5 aromatic rings. The van der Waals surface area contributed by atoms with Crippen LogP contribution in [0.1, 0.15) is 47.9 Å². The Morgan fingerprint density at radius 2 is 1.06 bits per heavy atom. The lowest BCUT2D eigenvalue weighted by Gasteiger charge is -2.55. The Labute approximate surface area is 286 Å². The monoisotopic (exact) mass is 710 g/mol. The molecule has 1 heterocycles. The quantitative estimate of drug-likeness (QED) is 0.169. The summed E-state index contributed by atoms with van der Waals surface area (Å²) in [6.07, 6.45) is -16.4. The molecule has 0 saturated heterocycles. The van der Waals surface area contributed by atoms with Crippen molar-refractivity contribution in [3.05, 3.63) is 138 Å². The lowest BCUT2D eigenvalue weighted by molar-refractivity contribution is -0.174. The molecule has 0 aromatic heterocycles. The summed E-state index contributed by atoms with van der Waals surface area (Å²) in [7, 11) is 0. The number of para-hydroxylation sites is 4. The molecule has 3 nitrogen and oxygen atoms in total. The Morgan fingerprint density at radius 3 is 1.61 bits per heavy atom. The van der Waals surface area contributed by atoms with Crippen LogP contribution in [0.2, 0.25) is 0 Å². The SMILES string of the molecule is FC(F)(F)c1cc(C23CCC(N4c5ccccc5Oc5cc(N(c6ccccc6)c6ccccc6)ccc54)(C2)C3)cc(C(F)(F)F)c1C(F)(F)F. The lowest BCUT2D eigenvalue weighted by Crippen LogP contribution is -2.56. The van der Waals surface area contributed by atoms with E-state index in [9.17, 15) is 39.5 Å². The summed E-state index contributed by atoms with van der Waals surface area (Å²) in [6.45, 7) is 0. The van der Waals surface area contributed by atoms with Crippen molar-refractivity contribution in [2.24, 2.45) is 0 Å². The number of fused-ring (bicyclic) bond motifs is 3. The van der Waals surface area contributed by atoms with Gasteiger partial charge in [-0.3, -0.25) is 0 Å². The van der Waals surface area contributed by atoms with E-state index in [0.717, 1.165) is 17.1 Å². The molecule has 0 N–H and O–H groups in total. The summed E-state index contributed by atoms with van der Waals surface area (Å²) < 4.78 is 132. The number of rotatable bonds is 5. The molecular weight excluding hydrogens is 683 g/mol. The number of anilines is 5. The topological polar surface area (TPSA) is 15.7 Å². The third kappa shape index (κ3) is 5.37. The standard InChI is InChI=1S/C39H27F9N2O/c40-37(41,42)28-19-24(20-29(38(43,44)45)34(28)39(46,47)48)35-17-18-36(22-35,23-35)50-30-13-7-8-14-32(30)51-33-21-27(15-16-31(33)50)49(25-9-3-1-4-10-25)26-11-5-2-6-12-26/h1-16,19-21H,17-18,22-23H2. The highest BCUT2D eigenvalue weighted by Crippen LogP contribution is 2.69. The van der Waals surface area contributed by atoms with Crippen molar-refractivity contribution in [3.63, 3.8) is 0 Å². The van der Waals surface area contributed by atoms with E-state index in [4.69, 9.17) is 4.74 Å². The average Bonchev–Trinajstić information content (AvgIpc) is 3.65. The molecule has 262 valence electrons. The molecule has 12 heteroatoms. The van der Waals surface area contributed by atoms with Gasteiger partial charge in [-0.15, -0.1) is 0 Å². The zero-order chi connectivity index (χ0) is 36.0. The van der Waals surface area contributed by atoms with Crippen molar-refractivity contribution < 1.29 is 44.3 Å². The predicted octanol–water partition coefficient (Wildman–Crippen LogP) is 12.7. The van der Waals surface area contributed by atoms with Crippen molar-refractivity contribution in [2.45, 2.75) is 55.2 Å². The highest BCUT2D eigenvalue weighted by Gasteiger charge is 2.66. The zero-order valence-electron chi connectivity index (χ0n) is 26.5. The second-order valence-electron chi connectivity index (χ2n) is 13.4.